The number of primary amides is 1. The third-order valence-electron chi connectivity index (χ3n) is 4.79. The molecule has 3 heterocycles. The van der Waals surface area contributed by atoms with Gasteiger partial charge in [0.1, 0.15) is 23.2 Å². The number of hydrogen-bond donors (Lipinski definition) is 1. The third-order valence-corrected chi connectivity index (χ3v) is 4.79. The van der Waals surface area contributed by atoms with Gasteiger partial charge in [-0.05, 0) is 31.0 Å². The molecule has 2 amide bonds. The van der Waals surface area contributed by atoms with Crippen molar-refractivity contribution in [2.24, 2.45) is 5.73 Å². The smallest absolute Gasteiger partial charge is 0.267 e. The molecule has 0 aliphatic carbocycles. The van der Waals surface area contributed by atoms with Crippen LogP contribution in [-0.2, 0) is 11.2 Å². The molecule has 144 valence electrons. The molecule has 1 aromatic carbocycles. The van der Waals surface area contributed by atoms with E-state index in [9.17, 15) is 9.59 Å². The lowest BCUT2D eigenvalue weighted by molar-refractivity contribution is -0.133. The fraction of sp³-hybridized carbons (Fsp3) is 0.300. The van der Waals surface area contributed by atoms with E-state index >= 15 is 0 Å². The first-order valence-corrected chi connectivity index (χ1v) is 9.14. The van der Waals surface area contributed by atoms with Crippen LogP contribution in [0.1, 0.15) is 29.0 Å². The molecule has 2 aromatic heterocycles. The molecule has 8 nitrogen and oxygen atoms in total. The average Bonchev–Trinajstić information content (AvgIpc) is 3.11. The van der Waals surface area contributed by atoms with Gasteiger partial charge in [-0.3, -0.25) is 14.6 Å². The Hall–Kier alpha value is -3.42. The number of ether oxygens (including phenoxy) is 1. The van der Waals surface area contributed by atoms with Crippen LogP contribution in [0.4, 0.5) is 0 Å². The monoisotopic (exact) mass is 380 g/mol. The van der Waals surface area contributed by atoms with E-state index < -0.39 is 5.91 Å². The summed E-state index contributed by atoms with van der Waals surface area (Å²) in [5.74, 6) is -0.101. The minimum Gasteiger partial charge on any atom is -0.488 e. The summed E-state index contributed by atoms with van der Waals surface area (Å²) in [5.41, 5.74) is 6.73. The Kier molecular flexibility index (Phi) is 4.92. The molecule has 3 aromatic rings. The minimum atomic E-state index is -0.606. The summed E-state index contributed by atoms with van der Waals surface area (Å²) >= 11 is 0. The maximum absolute atomic E-state index is 12.8. The highest BCUT2D eigenvalue weighted by Crippen LogP contribution is 2.22. The zero-order valence-electron chi connectivity index (χ0n) is 15.2. The topological polar surface area (TPSA) is 112 Å². The SMILES string of the molecule is NC(=O)c1cc(OC2CCCN(C(=O)Cc3noc4ccccc34)C2)ccn1. The molecule has 28 heavy (non-hydrogen) atoms. The van der Waals surface area contributed by atoms with E-state index in [1.54, 1.807) is 11.0 Å². The number of nitrogens with two attached hydrogens (primary N) is 1. The lowest BCUT2D eigenvalue weighted by Crippen LogP contribution is -2.45. The zero-order chi connectivity index (χ0) is 19.5. The molecular weight excluding hydrogens is 360 g/mol. The predicted octanol–water partition coefficient (Wildman–Crippen LogP) is 1.93. The largest absolute Gasteiger partial charge is 0.488 e. The highest BCUT2D eigenvalue weighted by molar-refractivity contribution is 5.91. The molecule has 1 saturated heterocycles. The van der Waals surface area contributed by atoms with Gasteiger partial charge in [-0.2, -0.15) is 0 Å². The molecule has 1 aliphatic heterocycles. The Morgan fingerprint density at radius 1 is 1.29 bits per heavy atom. The normalized spacial score (nSPS) is 16.9. The maximum atomic E-state index is 12.8. The summed E-state index contributed by atoms with van der Waals surface area (Å²) in [7, 11) is 0. The van der Waals surface area contributed by atoms with Crippen molar-refractivity contribution in [3.63, 3.8) is 0 Å². The number of rotatable bonds is 5. The second-order valence-electron chi connectivity index (χ2n) is 6.77. The fourth-order valence-corrected chi connectivity index (χ4v) is 3.39. The quantitative estimate of drug-likeness (QED) is 0.724. The van der Waals surface area contributed by atoms with Crippen molar-refractivity contribution in [3.8, 4) is 5.75 Å². The number of carbonyl (C=O) groups excluding carboxylic acids is 2. The number of carbonyl (C=O) groups is 2. The van der Waals surface area contributed by atoms with Crippen molar-refractivity contribution in [2.75, 3.05) is 13.1 Å². The van der Waals surface area contributed by atoms with Crippen LogP contribution in [0.25, 0.3) is 11.0 Å². The van der Waals surface area contributed by atoms with Gasteiger partial charge in [0.25, 0.3) is 5.91 Å². The third kappa shape index (κ3) is 3.80. The van der Waals surface area contributed by atoms with Crippen LogP contribution >= 0.6 is 0 Å². The number of nitrogens with zero attached hydrogens (tertiary/aromatic N) is 3. The zero-order valence-corrected chi connectivity index (χ0v) is 15.2. The first-order chi connectivity index (χ1) is 13.6. The molecule has 0 saturated carbocycles. The molecule has 0 spiro atoms. The summed E-state index contributed by atoms with van der Waals surface area (Å²) < 4.78 is 11.2. The number of aromatic nitrogens is 2. The summed E-state index contributed by atoms with van der Waals surface area (Å²) in [5, 5.41) is 4.90. The second-order valence-corrected chi connectivity index (χ2v) is 6.77. The fourth-order valence-electron chi connectivity index (χ4n) is 3.39. The van der Waals surface area contributed by atoms with Gasteiger partial charge in [-0.25, -0.2) is 0 Å². The number of likely N-dealkylation sites (tertiary alicyclic amines) is 1. The van der Waals surface area contributed by atoms with E-state index in [4.69, 9.17) is 15.0 Å². The maximum Gasteiger partial charge on any atom is 0.267 e. The number of para-hydroxylation sites is 1. The van der Waals surface area contributed by atoms with Crippen LogP contribution in [0.3, 0.4) is 0 Å². The summed E-state index contributed by atoms with van der Waals surface area (Å²) in [6.45, 7) is 1.15. The number of amides is 2. The van der Waals surface area contributed by atoms with Crippen molar-refractivity contribution in [1.29, 1.82) is 0 Å². The van der Waals surface area contributed by atoms with Crippen LogP contribution in [0.15, 0.2) is 47.1 Å². The first-order valence-electron chi connectivity index (χ1n) is 9.14. The molecule has 8 heteroatoms. The molecule has 0 radical (unpaired) electrons. The molecule has 1 unspecified atom stereocenters. The van der Waals surface area contributed by atoms with Crippen LogP contribution in [0, 0.1) is 0 Å². The molecule has 0 bridgehead atoms. The van der Waals surface area contributed by atoms with Crippen LogP contribution in [0.5, 0.6) is 5.75 Å². The number of fused-ring (bicyclic) bond motifs is 1. The van der Waals surface area contributed by atoms with E-state index in [1.807, 2.05) is 24.3 Å². The first kappa shape index (κ1) is 18.0. The summed E-state index contributed by atoms with van der Waals surface area (Å²) in [4.78, 5) is 29.7. The van der Waals surface area contributed by atoms with Crippen LogP contribution in [-0.4, -0.2) is 46.0 Å². The highest BCUT2D eigenvalue weighted by Gasteiger charge is 2.26. The molecule has 1 fully saturated rings. The average molecular weight is 380 g/mol. The Bertz CT molecular complexity index is 1020. The Balaban J connectivity index is 1.41. The van der Waals surface area contributed by atoms with Crippen molar-refractivity contribution in [3.05, 3.63) is 54.0 Å². The summed E-state index contributed by atoms with van der Waals surface area (Å²) in [6.07, 6.45) is 3.17. The molecule has 1 aliphatic rings. The van der Waals surface area contributed by atoms with Gasteiger partial charge in [0.2, 0.25) is 5.91 Å². The molecule has 4 rings (SSSR count). The Morgan fingerprint density at radius 3 is 3.00 bits per heavy atom. The summed E-state index contributed by atoms with van der Waals surface area (Å²) in [6, 6.07) is 10.7. The van der Waals surface area contributed by atoms with Crippen LogP contribution in [0.2, 0.25) is 0 Å². The molecular formula is C20H20N4O4. The van der Waals surface area contributed by atoms with Gasteiger partial charge in [-0.15, -0.1) is 0 Å². The van der Waals surface area contributed by atoms with Gasteiger partial charge in [0.15, 0.2) is 5.58 Å². The van der Waals surface area contributed by atoms with Gasteiger partial charge in [0.05, 0.1) is 13.0 Å². The van der Waals surface area contributed by atoms with Gasteiger partial charge >= 0.3 is 0 Å². The van der Waals surface area contributed by atoms with Crippen molar-refractivity contribution in [1.82, 2.24) is 15.0 Å². The van der Waals surface area contributed by atoms with Crippen molar-refractivity contribution < 1.29 is 18.8 Å². The standard InChI is InChI=1S/C20H20N4O4/c21-20(26)17-10-13(7-8-22-17)27-14-4-3-9-24(12-14)19(25)11-16-15-5-1-2-6-18(15)28-23-16/h1-2,5-8,10,14H,3-4,9,11-12H2,(H2,21,26). The number of hydrogen-bond acceptors (Lipinski definition) is 6. The predicted molar refractivity (Wildman–Crippen MR) is 101 cm³/mol. The van der Waals surface area contributed by atoms with E-state index in [1.165, 1.54) is 12.3 Å². The molecule has 1 atom stereocenters. The number of benzene rings is 1. The van der Waals surface area contributed by atoms with Gasteiger partial charge < -0.3 is 19.9 Å². The van der Waals surface area contributed by atoms with Crippen molar-refractivity contribution >= 4 is 22.8 Å². The van der Waals surface area contributed by atoms with Gasteiger partial charge in [-0.1, -0.05) is 17.3 Å². The number of piperidine rings is 1. The van der Waals surface area contributed by atoms with Crippen molar-refractivity contribution in [2.45, 2.75) is 25.4 Å². The Morgan fingerprint density at radius 2 is 2.14 bits per heavy atom. The number of pyridine rings is 1. The minimum absolute atomic E-state index is 0.0140. The highest BCUT2D eigenvalue weighted by atomic mass is 16.5. The van der Waals surface area contributed by atoms with E-state index in [0.717, 1.165) is 18.2 Å². The van der Waals surface area contributed by atoms with Crippen LogP contribution < -0.4 is 10.5 Å². The lowest BCUT2D eigenvalue weighted by atomic mass is 10.1. The van der Waals surface area contributed by atoms with E-state index in [0.29, 0.717) is 30.1 Å². The Labute approximate surface area is 161 Å². The van der Waals surface area contributed by atoms with Gasteiger partial charge in [0, 0.05) is 24.2 Å². The lowest BCUT2D eigenvalue weighted by Gasteiger charge is -2.33. The van der Waals surface area contributed by atoms with E-state index in [2.05, 4.69) is 10.1 Å². The molecule has 2 N–H and O–H groups in total. The second kappa shape index (κ2) is 7.67. The van der Waals surface area contributed by atoms with E-state index in [-0.39, 0.29) is 24.1 Å².